The number of hydrogen-bond acceptors (Lipinski definition) is 3. The van der Waals surface area contributed by atoms with Crippen LogP contribution in [-0.2, 0) is 5.75 Å². The minimum Gasteiger partial charge on any atom is -0.379 e. The smallest absolute Gasteiger partial charge is 0.151 e. The first kappa shape index (κ1) is 9.98. The molecule has 3 nitrogen and oxygen atoms in total. The van der Waals surface area contributed by atoms with Crippen LogP contribution in [0.5, 0.6) is 0 Å². The minimum absolute atomic E-state index is 0.154. The van der Waals surface area contributed by atoms with Crippen LogP contribution in [-0.4, -0.2) is 10.2 Å². The van der Waals surface area contributed by atoms with Gasteiger partial charge in [-0.15, -0.1) is 0 Å². The summed E-state index contributed by atoms with van der Waals surface area (Å²) in [5, 5.41) is 9.64. The van der Waals surface area contributed by atoms with E-state index in [-0.39, 0.29) is 5.17 Å². The molecule has 0 saturated carbocycles. The van der Waals surface area contributed by atoms with Crippen LogP contribution in [0.3, 0.4) is 0 Å². The molecule has 2 rings (SSSR count). The zero-order chi connectivity index (χ0) is 10.7. The molecule has 0 aliphatic carbocycles. The highest BCUT2D eigenvalue weighted by Crippen LogP contribution is 2.21. The summed E-state index contributed by atoms with van der Waals surface area (Å²) < 4.78 is 0. The van der Waals surface area contributed by atoms with Gasteiger partial charge in [-0.3, -0.25) is 10.4 Å². The first-order valence-corrected chi connectivity index (χ1v) is 5.54. The Bertz CT molecular complexity index is 491. The maximum absolute atomic E-state index is 7.18. The van der Waals surface area contributed by atoms with Gasteiger partial charge < -0.3 is 5.73 Å². The molecule has 0 aliphatic rings. The molecule has 0 amide bonds. The predicted molar refractivity (Wildman–Crippen MR) is 65.0 cm³/mol. The number of fused-ring (bicyclic) bond motifs is 1. The molecule has 0 atom stereocenters. The molecule has 15 heavy (non-hydrogen) atoms. The van der Waals surface area contributed by atoms with Crippen molar-refractivity contribution in [1.29, 1.82) is 5.41 Å². The molecule has 0 saturated heterocycles. The summed E-state index contributed by atoms with van der Waals surface area (Å²) in [5.74, 6) is 0.733. The highest BCUT2D eigenvalue weighted by molar-refractivity contribution is 8.13. The molecule has 0 unspecified atom stereocenters. The monoisotopic (exact) mass is 217 g/mol. The maximum atomic E-state index is 7.18. The summed E-state index contributed by atoms with van der Waals surface area (Å²) in [6.45, 7) is 0. The van der Waals surface area contributed by atoms with Gasteiger partial charge in [0.25, 0.3) is 0 Å². The Morgan fingerprint density at radius 1 is 1.40 bits per heavy atom. The van der Waals surface area contributed by atoms with Crippen LogP contribution >= 0.6 is 11.8 Å². The number of aromatic nitrogens is 1. The van der Waals surface area contributed by atoms with Gasteiger partial charge in [-0.2, -0.15) is 0 Å². The van der Waals surface area contributed by atoms with E-state index in [1.807, 2.05) is 24.4 Å². The molecule has 0 bridgehead atoms. The maximum Gasteiger partial charge on any atom is 0.151 e. The molecule has 0 aliphatic heterocycles. The number of thioether (sulfide) groups is 1. The lowest BCUT2D eigenvalue weighted by molar-refractivity contribution is 1.35. The van der Waals surface area contributed by atoms with Crippen molar-refractivity contribution in [2.45, 2.75) is 5.75 Å². The standard InChI is InChI=1S/C11H11N3S/c12-11(13)15-7-9-3-1-2-8-6-14-5-4-10(8)9/h1-6H,7H2,(H3,12,13). The minimum atomic E-state index is 0.154. The second kappa shape index (κ2) is 4.31. The number of amidine groups is 1. The van der Waals surface area contributed by atoms with E-state index in [2.05, 4.69) is 11.1 Å². The number of nitrogens with one attached hydrogen (secondary N) is 1. The third-order valence-electron chi connectivity index (χ3n) is 2.15. The van der Waals surface area contributed by atoms with E-state index in [4.69, 9.17) is 11.1 Å². The van der Waals surface area contributed by atoms with Crippen LogP contribution in [0.15, 0.2) is 36.7 Å². The van der Waals surface area contributed by atoms with Crippen molar-refractivity contribution in [3.63, 3.8) is 0 Å². The molecule has 1 aromatic heterocycles. The third kappa shape index (κ3) is 2.27. The first-order valence-electron chi connectivity index (χ1n) is 4.56. The fourth-order valence-corrected chi connectivity index (χ4v) is 2.03. The second-order valence-electron chi connectivity index (χ2n) is 3.17. The van der Waals surface area contributed by atoms with E-state index in [1.165, 1.54) is 22.7 Å². The fraction of sp³-hybridized carbons (Fsp3) is 0.0909. The lowest BCUT2D eigenvalue weighted by atomic mass is 10.1. The Morgan fingerprint density at radius 2 is 2.27 bits per heavy atom. The zero-order valence-electron chi connectivity index (χ0n) is 8.10. The van der Waals surface area contributed by atoms with Gasteiger partial charge in [0.15, 0.2) is 5.17 Å². The molecule has 3 N–H and O–H groups in total. The molecular formula is C11H11N3S. The lowest BCUT2D eigenvalue weighted by Gasteiger charge is -2.04. The molecule has 0 spiro atoms. The van der Waals surface area contributed by atoms with E-state index >= 15 is 0 Å². The summed E-state index contributed by atoms with van der Waals surface area (Å²) in [7, 11) is 0. The molecule has 76 valence electrons. The van der Waals surface area contributed by atoms with E-state index in [9.17, 15) is 0 Å². The average molecular weight is 217 g/mol. The zero-order valence-corrected chi connectivity index (χ0v) is 8.92. The molecule has 2 aromatic rings. The Hall–Kier alpha value is -1.55. The van der Waals surface area contributed by atoms with Gasteiger partial charge in [-0.05, 0) is 17.0 Å². The molecule has 0 fully saturated rings. The van der Waals surface area contributed by atoms with Crippen LogP contribution in [0.25, 0.3) is 10.8 Å². The Morgan fingerprint density at radius 3 is 3.07 bits per heavy atom. The topological polar surface area (TPSA) is 62.8 Å². The van der Waals surface area contributed by atoms with Gasteiger partial charge in [-0.25, -0.2) is 0 Å². The second-order valence-corrected chi connectivity index (χ2v) is 4.18. The number of nitrogens with zero attached hydrogens (tertiary/aromatic N) is 1. The van der Waals surface area contributed by atoms with E-state index in [0.717, 1.165) is 11.1 Å². The Kier molecular flexibility index (Phi) is 2.87. The van der Waals surface area contributed by atoms with Gasteiger partial charge in [0.1, 0.15) is 0 Å². The number of nitrogens with two attached hydrogens (primary N) is 1. The van der Waals surface area contributed by atoms with Gasteiger partial charge >= 0.3 is 0 Å². The molecule has 0 radical (unpaired) electrons. The average Bonchev–Trinajstić information content (AvgIpc) is 2.26. The van der Waals surface area contributed by atoms with E-state index < -0.39 is 0 Å². The number of pyridine rings is 1. The number of benzene rings is 1. The van der Waals surface area contributed by atoms with Crippen molar-refractivity contribution >= 4 is 27.7 Å². The van der Waals surface area contributed by atoms with Crippen LogP contribution in [0.4, 0.5) is 0 Å². The van der Waals surface area contributed by atoms with Crippen molar-refractivity contribution in [2.75, 3.05) is 0 Å². The quantitative estimate of drug-likeness (QED) is 0.599. The fourth-order valence-electron chi connectivity index (χ4n) is 1.47. The Balaban J connectivity index is 2.38. The molecule has 4 heteroatoms. The third-order valence-corrected chi connectivity index (χ3v) is 2.92. The van der Waals surface area contributed by atoms with Crippen LogP contribution in [0.2, 0.25) is 0 Å². The van der Waals surface area contributed by atoms with Gasteiger partial charge in [0.2, 0.25) is 0 Å². The summed E-state index contributed by atoms with van der Waals surface area (Å²) >= 11 is 1.34. The highest BCUT2D eigenvalue weighted by Gasteiger charge is 2.01. The van der Waals surface area contributed by atoms with Crippen LogP contribution in [0.1, 0.15) is 5.56 Å². The summed E-state index contributed by atoms with van der Waals surface area (Å²) in [6, 6.07) is 8.08. The van der Waals surface area contributed by atoms with Crippen LogP contribution < -0.4 is 5.73 Å². The van der Waals surface area contributed by atoms with Gasteiger partial charge in [0.05, 0.1) is 0 Å². The molecule has 1 heterocycles. The first-order chi connectivity index (χ1) is 7.27. The SMILES string of the molecule is N=C(N)SCc1cccc2cnccc12. The number of hydrogen-bond donors (Lipinski definition) is 2. The van der Waals surface area contributed by atoms with Crippen molar-refractivity contribution in [3.05, 3.63) is 42.2 Å². The normalized spacial score (nSPS) is 10.4. The van der Waals surface area contributed by atoms with Crippen molar-refractivity contribution in [1.82, 2.24) is 4.98 Å². The van der Waals surface area contributed by atoms with Gasteiger partial charge in [-0.1, -0.05) is 30.0 Å². The van der Waals surface area contributed by atoms with Gasteiger partial charge in [0, 0.05) is 23.5 Å². The summed E-state index contributed by atoms with van der Waals surface area (Å²) in [5.41, 5.74) is 6.51. The van der Waals surface area contributed by atoms with Crippen molar-refractivity contribution in [2.24, 2.45) is 5.73 Å². The van der Waals surface area contributed by atoms with Crippen molar-refractivity contribution in [3.8, 4) is 0 Å². The van der Waals surface area contributed by atoms with Crippen molar-refractivity contribution < 1.29 is 0 Å². The largest absolute Gasteiger partial charge is 0.379 e. The summed E-state index contributed by atoms with van der Waals surface area (Å²) in [4.78, 5) is 4.08. The summed E-state index contributed by atoms with van der Waals surface area (Å²) in [6.07, 6.45) is 3.63. The lowest BCUT2D eigenvalue weighted by Crippen LogP contribution is -2.03. The Labute approximate surface area is 92.2 Å². The van der Waals surface area contributed by atoms with E-state index in [0.29, 0.717) is 0 Å². The number of rotatable bonds is 2. The van der Waals surface area contributed by atoms with E-state index in [1.54, 1.807) is 6.20 Å². The van der Waals surface area contributed by atoms with Crippen LogP contribution in [0, 0.1) is 5.41 Å². The molecular weight excluding hydrogens is 206 g/mol. The molecule has 1 aromatic carbocycles. The predicted octanol–water partition coefficient (Wildman–Crippen LogP) is 2.36. The highest BCUT2D eigenvalue weighted by atomic mass is 32.2.